The summed E-state index contributed by atoms with van der Waals surface area (Å²) in [6.45, 7) is 0. The lowest BCUT2D eigenvalue weighted by Gasteiger charge is -2.17. The van der Waals surface area contributed by atoms with E-state index in [2.05, 4.69) is 36.4 Å². The summed E-state index contributed by atoms with van der Waals surface area (Å²) < 4.78 is 3.35. The van der Waals surface area contributed by atoms with Gasteiger partial charge >= 0.3 is 11.1 Å². The molecule has 2 heterocycles. The van der Waals surface area contributed by atoms with E-state index in [1.165, 1.54) is 15.3 Å². The maximum atomic E-state index is 12.7. The third kappa shape index (κ3) is 3.67. The fraction of sp³-hybridized carbons (Fsp3) is 0.316. The Morgan fingerprint density at radius 1 is 1.28 bits per heavy atom. The number of aromatic nitrogens is 4. The number of hydrogen-bond acceptors (Lipinski definition) is 7. The van der Waals surface area contributed by atoms with Gasteiger partial charge in [0.25, 0.3) is 0 Å². The van der Waals surface area contributed by atoms with Gasteiger partial charge < -0.3 is 9.67 Å². The van der Waals surface area contributed by atoms with Crippen molar-refractivity contribution >= 4 is 39.3 Å². The van der Waals surface area contributed by atoms with Crippen molar-refractivity contribution in [3.05, 3.63) is 55.1 Å². The van der Waals surface area contributed by atoms with E-state index in [4.69, 9.17) is 0 Å². The molecule has 1 aliphatic carbocycles. The van der Waals surface area contributed by atoms with Crippen LogP contribution in [0.4, 0.5) is 5.95 Å². The molecule has 0 spiro atoms. The van der Waals surface area contributed by atoms with Crippen molar-refractivity contribution in [2.75, 3.05) is 5.43 Å². The summed E-state index contributed by atoms with van der Waals surface area (Å²) in [5, 5.41) is 13.7. The minimum absolute atomic E-state index is 0.0282. The van der Waals surface area contributed by atoms with E-state index in [9.17, 15) is 14.7 Å². The van der Waals surface area contributed by atoms with Crippen LogP contribution in [0, 0.1) is 0 Å². The lowest BCUT2D eigenvalue weighted by molar-refractivity contribution is 0.472. The zero-order valence-electron chi connectivity index (χ0n) is 15.7. The molecule has 3 aromatic rings. The molecule has 1 aliphatic rings. The highest BCUT2D eigenvalue weighted by Gasteiger charge is 2.23. The predicted octanol–water partition coefficient (Wildman–Crippen LogP) is 2.52. The Bertz CT molecular complexity index is 1230. The molecule has 4 rings (SSSR count). The fourth-order valence-corrected chi connectivity index (χ4v) is 3.95. The summed E-state index contributed by atoms with van der Waals surface area (Å²) in [6.07, 6.45) is 6.82. The number of halogens is 1. The van der Waals surface area contributed by atoms with Gasteiger partial charge in [-0.3, -0.25) is 14.2 Å². The SMILES string of the molecule is Cn1c(=O)c(=O)n(C2CCCC2)c2nc(NN=Cc3ccc(O)c(Br)c3)ncc21. The van der Waals surface area contributed by atoms with Gasteiger partial charge in [0.05, 0.1) is 16.9 Å². The molecule has 0 atom stereocenters. The van der Waals surface area contributed by atoms with Crippen LogP contribution < -0.4 is 16.5 Å². The number of aromatic hydroxyl groups is 1. The van der Waals surface area contributed by atoms with E-state index in [0.717, 1.165) is 31.2 Å². The molecule has 2 N–H and O–H groups in total. The van der Waals surface area contributed by atoms with E-state index < -0.39 is 11.1 Å². The molecule has 2 aromatic heterocycles. The van der Waals surface area contributed by atoms with Gasteiger partial charge in [-0.25, -0.2) is 10.4 Å². The molecule has 29 heavy (non-hydrogen) atoms. The summed E-state index contributed by atoms with van der Waals surface area (Å²) in [7, 11) is 1.54. The van der Waals surface area contributed by atoms with Crippen molar-refractivity contribution in [2.45, 2.75) is 31.7 Å². The van der Waals surface area contributed by atoms with Gasteiger partial charge in [0.1, 0.15) is 11.3 Å². The number of anilines is 1. The average molecular weight is 459 g/mol. The Morgan fingerprint density at radius 2 is 2.03 bits per heavy atom. The smallest absolute Gasteiger partial charge is 0.318 e. The lowest BCUT2D eigenvalue weighted by atomic mass is 10.2. The van der Waals surface area contributed by atoms with Crippen LogP contribution in [0.25, 0.3) is 11.2 Å². The first kappa shape index (κ1) is 19.3. The number of phenols is 1. The average Bonchev–Trinajstić information content (AvgIpc) is 3.23. The maximum absolute atomic E-state index is 12.7. The zero-order chi connectivity index (χ0) is 20.5. The molecular weight excluding hydrogens is 440 g/mol. The normalized spacial score (nSPS) is 14.8. The second-order valence-corrected chi connectivity index (χ2v) is 7.82. The number of phenolic OH excluding ortho intramolecular Hbond substituents is 1. The van der Waals surface area contributed by atoms with E-state index in [1.807, 2.05) is 0 Å². The third-order valence-corrected chi connectivity index (χ3v) is 5.72. The van der Waals surface area contributed by atoms with Gasteiger partial charge in [0, 0.05) is 13.1 Å². The maximum Gasteiger partial charge on any atom is 0.318 e. The molecule has 0 amide bonds. The van der Waals surface area contributed by atoms with Crippen LogP contribution in [0.1, 0.15) is 37.3 Å². The molecule has 150 valence electrons. The second-order valence-electron chi connectivity index (χ2n) is 6.96. The van der Waals surface area contributed by atoms with Gasteiger partial charge in [-0.1, -0.05) is 12.8 Å². The molecule has 0 bridgehead atoms. The van der Waals surface area contributed by atoms with E-state index >= 15 is 0 Å². The standard InChI is InChI=1S/C19H19BrN6O3/c1-25-14-10-21-19(24-22-9-11-6-7-15(27)13(20)8-11)23-16(14)26(18(29)17(25)28)12-4-2-3-5-12/h6-10,12,27H,2-5H2,1H3,(H,21,23,24). The molecule has 9 nitrogen and oxygen atoms in total. The van der Waals surface area contributed by atoms with E-state index in [1.54, 1.807) is 31.5 Å². The summed E-state index contributed by atoms with van der Waals surface area (Å²) >= 11 is 3.25. The molecule has 0 unspecified atom stereocenters. The van der Waals surface area contributed by atoms with Gasteiger partial charge in [-0.2, -0.15) is 10.1 Å². The number of nitrogens with zero attached hydrogens (tertiary/aromatic N) is 5. The first-order valence-corrected chi connectivity index (χ1v) is 10.0. The topological polar surface area (TPSA) is 114 Å². The van der Waals surface area contributed by atoms with Crippen molar-refractivity contribution in [1.29, 1.82) is 0 Å². The first-order valence-electron chi connectivity index (χ1n) is 9.21. The minimum atomic E-state index is -0.579. The number of fused-ring (bicyclic) bond motifs is 1. The Balaban J connectivity index is 1.71. The van der Waals surface area contributed by atoms with Crippen LogP contribution in [-0.4, -0.2) is 30.4 Å². The highest BCUT2D eigenvalue weighted by Crippen LogP contribution is 2.30. The minimum Gasteiger partial charge on any atom is -0.507 e. The Morgan fingerprint density at radius 3 is 2.76 bits per heavy atom. The van der Waals surface area contributed by atoms with Crippen LogP contribution in [0.15, 0.2) is 43.6 Å². The van der Waals surface area contributed by atoms with Gasteiger partial charge in [-0.05, 0) is 52.5 Å². The molecular formula is C19H19BrN6O3. The van der Waals surface area contributed by atoms with E-state index in [-0.39, 0.29) is 17.7 Å². The molecule has 0 radical (unpaired) electrons. The molecule has 10 heteroatoms. The fourth-order valence-electron chi connectivity index (χ4n) is 3.56. The number of rotatable bonds is 4. The second kappa shape index (κ2) is 7.78. The summed E-state index contributed by atoms with van der Waals surface area (Å²) in [5.74, 6) is 0.361. The lowest BCUT2D eigenvalue weighted by Crippen LogP contribution is -2.42. The zero-order valence-corrected chi connectivity index (χ0v) is 17.3. The van der Waals surface area contributed by atoms with Crippen molar-refractivity contribution in [3.8, 4) is 5.75 Å². The quantitative estimate of drug-likeness (QED) is 0.352. The molecule has 1 saturated carbocycles. The van der Waals surface area contributed by atoms with Crippen LogP contribution >= 0.6 is 15.9 Å². The largest absolute Gasteiger partial charge is 0.507 e. The van der Waals surface area contributed by atoms with Crippen molar-refractivity contribution < 1.29 is 5.11 Å². The molecule has 0 saturated heterocycles. The summed E-state index contributed by atoms with van der Waals surface area (Å²) in [6, 6.07) is 4.95. The predicted molar refractivity (Wildman–Crippen MR) is 114 cm³/mol. The van der Waals surface area contributed by atoms with Crippen molar-refractivity contribution in [1.82, 2.24) is 19.1 Å². The highest BCUT2D eigenvalue weighted by molar-refractivity contribution is 9.10. The summed E-state index contributed by atoms with van der Waals surface area (Å²) in [4.78, 5) is 33.7. The van der Waals surface area contributed by atoms with Crippen LogP contribution in [0.3, 0.4) is 0 Å². The number of benzene rings is 1. The Hall–Kier alpha value is -3.01. The van der Waals surface area contributed by atoms with E-state index in [0.29, 0.717) is 15.6 Å². The number of aryl methyl sites for hydroxylation is 1. The molecule has 0 aliphatic heterocycles. The van der Waals surface area contributed by atoms with Crippen molar-refractivity contribution in [2.24, 2.45) is 12.1 Å². The van der Waals surface area contributed by atoms with Crippen LogP contribution in [0.5, 0.6) is 5.75 Å². The van der Waals surface area contributed by atoms with Crippen LogP contribution in [-0.2, 0) is 7.05 Å². The van der Waals surface area contributed by atoms with Gasteiger partial charge in [0.15, 0.2) is 5.65 Å². The Labute approximate surface area is 173 Å². The van der Waals surface area contributed by atoms with Gasteiger partial charge in [0.2, 0.25) is 5.95 Å². The Kier molecular flexibility index (Phi) is 5.18. The molecule has 1 aromatic carbocycles. The first-order chi connectivity index (χ1) is 14.0. The molecule has 1 fully saturated rings. The number of hydrazone groups is 1. The summed E-state index contributed by atoms with van der Waals surface area (Å²) in [5.41, 5.74) is 3.29. The van der Waals surface area contributed by atoms with Crippen molar-refractivity contribution in [3.63, 3.8) is 0 Å². The van der Waals surface area contributed by atoms with Crippen LogP contribution in [0.2, 0.25) is 0 Å². The highest BCUT2D eigenvalue weighted by atomic mass is 79.9. The van der Waals surface area contributed by atoms with Gasteiger partial charge in [-0.15, -0.1) is 0 Å². The third-order valence-electron chi connectivity index (χ3n) is 5.09. The number of hydrogen-bond donors (Lipinski definition) is 2. The monoisotopic (exact) mass is 458 g/mol. The number of nitrogens with one attached hydrogen (secondary N) is 1.